The van der Waals surface area contributed by atoms with E-state index in [1.165, 1.54) is 0 Å². The fraction of sp³-hybridized carbons (Fsp3) is 0.538. The van der Waals surface area contributed by atoms with Crippen molar-refractivity contribution in [3.63, 3.8) is 0 Å². The van der Waals surface area contributed by atoms with Crippen LogP contribution in [0.4, 0.5) is 0 Å². The van der Waals surface area contributed by atoms with Crippen LogP contribution in [-0.2, 0) is 16.6 Å². The molecule has 0 aliphatic heterocycles. The van der Waals surface area contributed by atoms with Crippen molar-refractivity contribution in [2.24, 2.45) is 0 Å². The smallest absolute Gasteiger partial charge is 0.240 e. The molecule has 0 aliphatic carbocycles. The average Bonchev–Trinajstić information content (AvgIpc) is 2.34. The Morgan fingerprint density at radius 1 is 1.32 bits per heavy atom. The quantitative estimate of drug-likeness (QED) is 0.744. The van der Waals surface area contributed by atoms with E-state index in [1.54, 1.807) is 6.07 Å². The largest absolute Gasteiger partial charge is 0.316 e. The third kappa shape index (κ3) is 4.56. The standard InChI is InChI=1S/C13H21BrN2O2S/c1-4-5-6-16-19(17,18)13-8-11(9-15-3)7-12(14)10(13)2/h7-8,15-16H,4-6,9H2,1-3H3. The van der Waals surface area contributed by atoms with Crippen LogP contribution in [0.2, 0.25) is 0 Å². The van der Waals surface area contributed by atoms with Gasteiger partial charge >= 0.3 is 0 Å². The van der Waals surface area contributed by atoms with Crippen molar-refractivity contribution in [3.8, 4) is 0 Å². The minimum absolute atomic E-state index is 0.350. The number of benzene rings is 1. The molecule has 1 aromatic rings. The lowest BCUT2D eigenvalue weighted by Gasteiger charge is -2.12. The van der Waals surface area contributed by atoms with Crippen molar-refractivity contribution < 1.29 is 8.42 Å². The molecular formula is C13H21BrN2O2S. The molecule has 0 saturated heterocycles. The molecular weight excluding hydrogens is 328 g/mol. The molecule has 108 valence electrons. The van der Waals surface area contributed by atoms with Gasteiger partial charge in [0.2, 0.25) is 10.0 Å². The predicted octanol–water partition coefficient (Wildman–Crippen LogP) is 2.56. The Kier molecular flexibility index (Phi) is 6.46. The normalized spacial score (nSPS) is 11.8. The Labute approximate surface area is 124 Å². The first-order valence-corrected chi connectivity index (χ1v) is 8.63. The molecule has 0 unspecified atom stereocenters. The van der Waals surface area contributed by atoms with Crippen LogP contribution >= 0.6 is 15.9 Å². The second-order valence-electron chi connectivity index (χ2n) is 4.48. The van der Waals surface area contributed by atoms with Crippen LogP contribution in [0, 0.1) is 6.92 Å². The van der Waals surface area contributed by atoms with Crippen molar-refractivity contribution in [2.45, 2.75) is 38.1 Å². The van der Waals surface area contributed by atoms with Gasteiger partial charge in [0.1, 0.15) is 0 Å². The maximum atomic E-state index is 12.3. The molecule has 0 atom stereocenters. The lowest BCUT2D eigenvalue weighted by molar-refractivity contribution is 0.577. The molecule has 1 aromatic carbocycles. The van der Waals surface area contributed by atoms with E-state index in [9.17, 15) is 8.42 Å². The van der Waals surface area contributed by atoms with E-state index in [2.05, 4.69) is 26.0 Å². The van der Waals surface area contributed by atoms with Gasteiger partial charge in [-0.3, -0.25) is 0 Å². The minimum atomic E-state index is -3.43. The van der Waals surface area contributed by atoms with Gasteiger partial charge in [0.25, 0.3) is 0 Å². The van der Waals surface area contributed by atoms with Crippen LogP contribution in [0.3, 0.4) is 0 Å². The van der Waals surface area contributed by atoms with Crippen molar-refractivity contribution >= 4 is 26.0 Å². The summed E-state index contributed by atoms with van der Waals surface area (Å²) in [6, 6.07) is 3.67. The monoisotopic (exact) mass is 348 g/mol. The number of unbranched alkanes of at least 4 members (excludes halogenated alkanes) is 1. The minimum Gasteiger partial charge on any atom is -0.316 e. The van der Waals surface area contributed by atoms with Crippen LogP contribution in [0.15, 0.2) is 21.5 Å². The number of halogens is 1. The third-order valence-corrected chi connectivity index (χ3v) is 5.26. The zero-order valence-electron chi connectivity index (χ0n) is 11.6. The first kappa shape index (κ1) is 16.6. The summed E-state index contributed by atoms with van der Waals surface area (Å²) in [4.78, 5) is 0.350. The lowest BCUT2D eigenvalue weighted by atomic mass is 10.1. The summed E-state index contributed by atoms with van der Waals surface area (Å²) in [5, 5.41) is 3.03. The van der Waals surface area contributed by atoms with Crippen molar-refractivity contribution in [3.05, 3.63) is 27.7 Å². The van der Waals surface area contributed by atoms with Gasteiger partial charge in [-0.15, -0.1) is 0 Å². The van der Waals surface area contributed by atoms with Gasteiger partial charge in [0, 0.05) is 17.6 Å². The Bertz CT molecular complexity index is 530. The molecule has 19 heavy (non-hydrogen) atoms. The van der Waals surface area contributed by atoms with E-state index in [4.69, 9.17) is 0 Å². The van der Waals surface area contributed by atoms with Gasteiger partial charge in [-0.25, -0.2) is 13.1 Å². The van der Waals surface area contributed by atoms with Crippen molar-refractivity contribution in [1.82, 2.24) is 10.0 Å². The number of sulfonamides is 1. The highest BCUT2D eigenvalue weighted by atomic mass is 79.9. The van der Waals surface area contributed by atoms with E-state index in [1.807, 2.05) is 27.0 Å². The summed E-state index contributed by atoms with van der Waals surface area (Å²) in [6.45, 7) is 4.95. The Hall–Kier alpha value is -0.430. The highest BCUT2D eigenvalue weighted by Crippen LogP contribution is 2.25. The number of hydrogen-bond donors (Lipinski definition) is 2. The summed E-state index contributed by atoms with van der Waals surface area (Å²) >= 11 is 3.42. The molecule has 0 amide bonds. The Morgan fingerprint density at radius 2 is 2.00 bits per heavy atom. The van der Waals surface area contributed by atoms with Crippen LogP contribution < -0.4 is 10.0 Å². The first-order chi connectivity index (χ1) is 8.92. The second-order valence-corrected chi connectivity index (χ2v) is 7.07. The van der Waals surface area contributed by atoms with E-state index >= 15 is 0 Å². The van der Waals surface area contributed by atoms with Gasteiger partial charge in [-0.2, -0.15) is 0 Å². The summed E-state index contributed by atoms with van der Waals surface area (Å²) in [5.74, 6) is 0. The first-order valence-electron chi connectivity index (χ1n) is 6.35. The summed E-state index contributed by atoms with van der Waals surface area (Å²) in [7, 11) is -1.60. The molecule has 0 radical (unpaired) electrons. The molecule has 2 N–H and O–H groups in total. The number of hydrogen-bond acceptors (Lipinski definition) is 3. The molecule has 0 heterocycles. The highest BCUT2D eigenvalue weighted by molar-refractivity contribution is 9.10. The molecule has 0 spiro atoms. The van der Waals surface area contributed by atoms with Crippen LogP contribution in [0.25, 0.3) is 0 Å². The molecule has 6 heteroatoms. The van der Waals surface area contributed by atoms with Gasteiger partial charge in [-0.1, -0.05) is 29.3 Å². The maximum absolute atomic E-state index is 12.3. The van der Waals surface area contributed by atoms with Gasteiger partial charge < -0.3 is 5.32 Å². The van der Waals surface area contributed by atoms with E-state index < -0.39 is 10.0 Å². The molecule has 0 saturated carbocycles. The fourth-order valence-electron chi connectivity index (χ4n) is 1.75. The van der Waals surface area contributed by atoms with E-state index in [-0.39, 0.29) is 0 Å². The SMILES string of the molecule is CCCCNS(=O)(=O)c1cc(CNC)cc(Br)c1C. The van der Waals surface area contributed by atoms with Crippen molar-refractivity contribution in [1.29, 1.82) is 0 Å². The highest BCUT2D eigenvalue weighted by Gasteiger charge is 2.18. The van der Waals surface area contributed by atoms with Crippen LogP contribution in [0.1, 0.15) is 30.9 Å². The molecule has 0 fully saturated rings. The number of rotatable bonds is 7. The molecule has 1 rings (SSSR count). The van der Waals surface area contributed by atoms with Gasteiger partial charge in [0.15, 0.2) is 0 Å². The Balaban J connectivity index is 3.10. The molecule has 0 bridgehead atoms. The van der Waals surface area contributed by atoms with E-state index in [0.717, 1.165) is 28.4 Å². The molecule has 0 aliphatic rings. The maximum Gasteiger partial charge on any atom is 0.240 e. The lowest BCUT2D eigenvalue weighted by Crippen LogP contribution is -2.25. The molecule has 4 nitrogen and oxygen atoms in total. The zero-order valence-corrected chi connectivity index (χ0v) is 14.0. The van der Waals surface area contributed by atoms with Gasteiger partial charge in [0.05, 0.1) is 4.90 Å². The number of nitrogens with one attached hydrogen (secondary N) is 2. The third-order valence-electron chi connectivity index (χ3n) is 2.85. The fourth-order valence-corrected chi connectivity index (χ4v) is 3.78. The summed E-state index contributed by atoms with van der Waals surface area (Å²) in [6.07, 6.45) is 1.81. The van der Waals surface area contributed by atoms with Crippen LogP contribution in [-0.4, -0.2) is 22.0 Å². The topological polar surface area (TPSA) is 58.2 Å². The predicted molar refractivity (Wildman–Crippen MR) is 81.7 cm³/mol. The van der Waals surface area contributed by atoms with Gasteiger partial charge in [-0.05, 0) is 43.7 Å². The molecule has 0 aromatic heterocycles. The van der Waals surface area contributed by atoms with Crippen molar-refractivity contribution in [2.75, 3.05) is 13.6 Å². The zero-order chi connectivity index (χ0) is 14.5. The van der Waals surface area contributed by atoms with Crippen LogP contribution in [0.5, 0.6) is 0 Å². The summed E-state index contributed by atoms with van der Waals surface area (Å²) in [5.41, 5.74) is 1.68. The second kappa shape index (κ2) is 7.38. The summed E-state index contributed by atoms with van der Waals surface area (Å²) < 4.78 is 28.0. The Morgan fingerprint density at radius 3 is 2.58 bits per heavy atom. The average molecular weight is 349 g/mol. The van der Waals surface area contributed by atoms with E-state index in [0.29, 0.717) is 18.0 Å².